The van der Waals surface area contributed by atoms with Crippen molar-refractivity contribution in [3.05, 3.63) is 47.4 Å². The van der Waals surface area contributed by atoms with E-state index in [9.17, 15) is 4.39 Å². The lowest BCUT2D eigenvalue weighted by Crippen LogP contribution is -2.17. The molecule has 2 rings (SSSR count). The Bertz CT molecular complexity index is 615. The molecule has 1 unspecified atom stereocenters. The van der Waals surface area contributed by atoms with Crippen LogP contribution in [0.3, 0.4) is 0 Å². The van der Waals surface area contributed by atoms with E-state index in [4.69, 9.17) is 0 Å². The largest absolute Gasteiger partial charge is 0.370 e. The van der Waals surface area contributed by atoms with Gasteiger partial charge in [-0.1, -0.05) is 25.1 Å². The summed E-state index contributed by atoms with van der Waals surface area (Å²) in [4.78, 5) is 8.83. The van der Waals surface area contributed by atoms with Crippen LogP contribution in [0, 0.1) is 12.7 Å². The predicted octanol–water partition coefficient (Wildman–Crippen LogP) is 3.79. The van der Waals surface area contributed by atoms with Crippen molar-refractivity contribution in [2.24, 2.45) is 0 Å². The molecule has 0 saturated carbocycles. The van der Waals surface area contributed by atoms with Gasteiger partial charge in [0.1, 0.15) is 11.6 Å². The average Bonchev–Trinajstić information content (AvgIpc) is 2.48. The Morgan fingerprint density at radius 3 is 2.73 bits per heavy atom. The third-order valence-corrected chi connectivity index (χ3v) is 3.50. The van der Waals surface area contributed by atoms with Gasteiger partial charge in [0.2, 0.25) is 5.95 Å². The van der Waals surface area contributed by atoms with Gasteiger partial charge < -0.3 is 10.6 Å². The van der Waals surface area contributed by atoms with Crippen LogP contribution in [-0.2, 0) is 6.42 Å². The van der Waals surface area contributed by atoms with Gasteiger partial charge in [0.25, 0.3) is 0 Å². The quantitative estimate of drug-likeness (QED) is 0.817. The number of nitrogens with one attached hydrogen (secondary N) is 2. The predicted molar refractivity (Wildman–Crippen MR) is 88.7 cm³/mol. The van der Waals surface area contributed by atoms with E-state index in [2.05, 4.69) is 34.4 Å². The summed E-state index contributed by atoms with van der Waals surface area (Å²) in [5.74, 6) is 1.22. The van der Waals surface area contributed by atoms with Gasteiger partial charge in [0, 0.05) is 24.3 Å². The number of aryl methyl sites for hydroxylation is 1. The number of nitrogens with zero attached hydrogens (tertiary/aromatic N) is 2. The maximum Gasteiger partial charge on any atom is 0.225 e. The molecular weight excluding hydrogens is 279 g/mol. The molecule has 0 saturated heterocycles. The van der Waals surface area contributed by atoms with E-state index in [1.807, 2.05) is 19.1 Å². The van der Waals surface area contributed by atoms with Crippen molar-refractivity contribution in [1.82, 2.24) is 9.97 Å². The van der Waals surface area contributed by atoms with Gasteiger partial charge in [-0.25, -0.2) is 9.37 Å². The Morgan fingerprint density at radius 2 is 2.00 bits per heavy atom. The number of anilines is 2. The number of benzene rings is 1. The van der Waals surface area contributed by atoms with E-state index in [0.29, 0.717) is 30.5 Å². The first-order chi connectivity index (χ1) is 10.6. The molecule has 22 heavy (non-hydrogen) atoms. The van der Waals surface area contributed by atoms with Crippen molar-refractivity contribution in [2.75, 3.05) is 17.2 Å². The molecule has 0 aliphatic rings. The van der Waals surface area contributed by atoms with Gasteiger partial charge >= 0.3 is 0 Å². The summed E-state index contributed by atoms with van der Waals surface area (Å²) < 4.78 is 13.6. The number of halogens is 1. The summed E-state index contributed by atoms with van der Waals surface area (Å²) in [6.45, 7) is 6.77. The number of hydrogen-bond acceptors (Lipinski definition) is 4. The van der Waals surface area contributed by atoms with Crippen LogP contribution in [0.2, 0.25) is 0 Å². The van der Waals surface area contributed by atoms with Crippen LogP contribution in [0.4, 0.5) is 16.2 Å². The lowest BCUT2D eigenvalue weighted by Gasteiger charge is -2.13. The van der Waals surface area contributed by atoms with E-state index in [-0.39, 0.29) is 5.82 Å². The molecule has 1 atom stereocenters. The van der Waals surface area contributed by atoms with Gasteiger partial charge in [-0.3, -0.25) is 0 Å². The molecule has 2 N–H and O–H groups in total. The molecule has 0 amide bonds. The number of aromatic nitrogens is 2. The Hall–Kier alpha value is -2.17. The van der Waals surface area contributed by atoms with Crippen LogP contribution < -0.4 is 10.6 Å². The molecule has 5 heteroatoms. The van der Waals surface area contributed by atoms with Crippen molar-refractivity contribution in [2.45, 2.75) is 39.7 Å². The van der Waals surface area contributed by atoms with E-state index in [1.54, 1.807) is 12.1 Å². The van der Waals surface area contributed by atoms with E-state index in [0.717, 1.165) is 17.9 Å². The monoisotopic (exact) mass is 302 g/mol. The van der Waals surface area contributed by atoms with Crippen molar-refractivity contribution >= 4 is 11.8 Å². The van der Waals surface area contributed by atoms with E-state index in [1.165, 1.54) is 6.07 Å². The van der Waals surface area contributed by atoms with Crippen LogP contribution >= 0.6 is 0 Å². The topological polar surface area (TPSA) is 49.8 Å². The Morgan fingerprint density at radius 1 is 1.23 bits per heavy atom. The first kappa shape index (κ1) is 16.2. The standard InChI is InChI=1S/C17H23FN4/c1-4-12(2)20-17-21-13(3)11-16(22-17)19-10-9-14-7-5-6-8-15(14)18/h5-8,11-12H,4,9-10H2,1-3H3,(H2,19,20,21,22). The molecule has 0 aliphatic heterocycles. The van der Waals surface area contributed by atoms with Crippen molar-refractivity contribution < 1.29 is 4.39 Å². The van der Waals surface area contributed by atoms with E-state index >= 15 is 0 Å². The van der Waals surface area contributed by atoms with Gasteiger partial charge in [0.15, 0.2) is 0 Å². The van der Waals surface area contributed by atoms with Crippen molar-refractivity contribution in [3.8, 4) is 0 Å². The zero-order valence-corrected chi connectivity index (χ0v) is 13.4. The number of rotatable bonds is 7. The summed E-state index contributed by atoms with van der Waals surface area (Å²) in [6, 6.07) is 9.06. The normalized spacial score (nSPS) is 12.0. The molecule has 0 radical (unpaired) electrons. The Balaban J connectivity index is 1.96. The summed E-state index contributed by atoms with van der Waals surface area (Å²) in [5.41, 5.74) is 1.60. The van der Waals surface area contributed by atoms with Crippen molar-refractivity contribution in [3.63, 3.8) is 0 Å². The van der Waals surface area contributed by atoms with Crippen LogP contribution in [0.1, 0.15) is 31.5 Å². The van der Waals surface area contributed by atoms with Crippen LogP contribution in [-0.4, -0.2) is 22.6 Å². The maximum atomic E-state index is 13.6. The first-order valence-electron chi connectivity index (χ1n) is 7.68. The maximum absolute atomic E-state index is 13.6. The van der Waals surface area contributed by atoms with E-state index < -0.39 is 0 Å². The fourth-order valence-corrected chi connectivity index (χ4v) is 2.07. The lowest BCUT2D eigenvalue weighted by atomic mass is 10.1. The highest BCUT2D eigenvalue weighted by atomic mass is 19.1. The average molecular weight is 302 g/mol. The molecule has 1 heterocycles. The summed E-state index contributed by atoms with van der Waals surface area (Å²) in [7, 11) is 0. The Labute approximate surface area is 131 Å². The second kappa shape index (κ2) is 7.73. The van der Waals surface area contributed by atoms with Gasteiger partial charge in [0.05, 0.1) is 0 Å². The molecule has 118 valence electrons. The molecule has 4 nitrogen and oxygen atoms in total. The van der Waals surface area contributed by atoms with Gasteiger partial charge in [-0.15, -0.1) is 0 Å². The Kier molecular flexibility index (Phi) is 5.69. The fraction of sp³-hybridized carbons (Fsp3) is 0.412. The lowest BCUT2D eigenvalue weighted by molar-refractivity contribution is 0.610. The molecule has 0 aliphatic carbocycles. The highest BCUT2D eigenvalue weighted by molar-refractivity contribution is 5.42. The molecule has 2 aromatic rings. The summed E-state index contributed by atoms with van der Waals surface area (Å²) >= 11 is 0. The SMILES string of the molecule is CCC(C)Nc1nc(C)cc(NCCc2ccccc2F)n1. The summed E-state index contributed by atoms with van der Waals surface area (Å²) in [6.07, 6.45) is 1.62. The zero-order chi connectivity index (χ0) is 15.9. The van der Waals surface area contributed by atoms with Crippen LogP contribution in [0.5, 0.6) is 0 Å². The van der Waals surface area contributed by atoms with Gasteiger partial charge in [-0.05, 0) is 38.3 Å². The molecule has 1 aromatic heterocycles. The highest BCUT2D eigenvalue weighted by Gasteiger charge is 2.05. The smallest absolute Gasteiger partial charge is 0.225 e. The molecule has 0 bridgehead atoms. The second-order valence-corrected chi connectivity index (χ2v) is 5.44. The molecule has 1 aromatic carbocycles. The minimum absolute atomic E-state index is 0.165. The van der Waals surface area contributed by atoms with Crippen LogP contribution in [0.15, 0.2) is 30.3 Å². The molecular formula is C17H23FN4. The fourth-order valence-electron chi connectivity index (χ4n) is 2.07. The minimum Gasteiger partial charge on any atom is -0.370 e. The third-order valence-electron chi connectivity index (χ3n) is 3.50. The first-order valence-corrected chi connectivity index (χ1v) is 7.68. The number of hydrogen-bond donors (Lipinski definition) is 2. The summed E-state index contributed by atoms with van der Waals surface area (Å²) in [5, 5.41) is 6.50. The van der Waals surface area contributed by atoms with Crippen LogP contribution in [0.25, 0.3) is 0 Å². The molecule has 0 fully saturated rings. The van der Waals surface area contributed by atoms with Crippen molar-refractivity contribution in [1.29, 1.82) is 0 Å². The second-order valence-electron chi connectivity index (χ2n) is 5.44. The third kappa shape index (κ3) is 4.69. The highest BCUT2D eigenvalue weighted by Crippen LogP contribution is 2.12. The molecule has 0 spiro atoms. The minimum atomic E-state index is -0.165. The zero-order valence-electron chi connectivity index (χ0n) is 13.4. The van der Waals surface area contributed by atoms with Gasteiger partial charge in [-0.2, -0.15) is 4.98 Å².